The van der Waals surface area contributed by atoms with Gasteiger partial charge in [0, 0.05) is 0 Å². The summed E-state index contributed by atoms with van der Waals surface area (Å²) in [5.74, 6) is 0. The summed E-state index contributed by atoms with van der Waals surface area (Å²) >= 11 is 0. The molecule has 0 heteroatoms. The van der Waals surface area contributed by atoms with Gasteiger partial charge in [0.1, 0.15) is 0 Å². The van der Waals surface area contributed by atoms with Crippen LogP contribution in [0.2, 0.25) is 0 Å². The van der Waals surface area contributed by atoms with Crippen LogP contribution in [-0.4, -0.2) is 0 Å². The largest absolute Gasteiger partial charge is 0.0733 e. The van der Waals surface area contributed by atoms with Crippen molar-refractivity contribution >= 4 is 5.57 Å². The Balaban J connectivity index is 3.00. The maximum atomic E-state index is 2.29. The van der Waals surface area contributed by atoms with Crippen molar-refractivity contribution in [2.75, 3.05) is 0 Å². The summed E-state index contributed by atoms with van der Waals surface area (Å²) in [6.45, 7) is 13.2. The lowest BCUT2D eigenvalue weighted by Crippen LogP contribution is -1.90. The van der Waals surface area contributed by atoms with Crippen LogP contribution >= 0.6 is 0 Å². The minimum Gasteiger partial charge on any atom is -0.0733 e. The molecule has 0 nitrogen and oxygen atoms in total. The minimum absolute atomic E-state index is 1.19. The molecule has 0 spiro atoms. The molecule has 0 saturated heterocycles. The van der Waals surface area contributed by atoms with Crippen molar-refractivity contribution in [1.29, 1.82) is 0 Å². The summed E-state index contributed by atoms with van der Waals surface area (Å²) in [7, 11) is 0. The highest BCUT2D eigenvalue weighted by atomic mass is 14.1. The van der Waals surface area contributed by atoms with E-state index < -0.39 is 0 Å². The van der Waals surface area contributed by atoms with E-state index in [9.17, 15) is 0 Å². The van der Waals surface area contributed by atoms with E-state index in [1.807, 2.05) is 0 Å². The molecule has 0 atom stereocenters. The minimum atomic E-state index is 1.19. The first-order valence-corrected chi connectivity index (χ1v) is 6.88. The summed E-state index contributed by atoms with van der Waals surface area (Å²) < 4.78 is 0. The van der Waals surface area contributed by atoms with Gasteiger partial charge in [-0.3, -0.25) is 0 Å². The van der Waals surface area contributed by atoms with E-state index in [1.54, 1.807) is 0 Å². The SMILES string of the molecule is CCC/C(C)=C/C=C(\C)c1cc(C)c(C)c(C)c1. The molecule has 1 aromatic carbocycles. The molecule has 0 saturated carbocycles. The Bertz CT molecular complexity index is 450. The van der Waals surface area contributed by atoms with Gasteiger partial charge in [-0.05, 0) is 68.9 Å². The van der Waals surface area contributed by atoms with Crippen LogP contribution in [0, 0.1) is 20.8 Å². The fourth-order valence-corrected chi connectivity index (χ4v) is 2.10. The third-order valence-electron chi connectivity index (χ3n) is 3.64. The zero-order valence-corrected chi connectivity index (χ0v) is 12.7. The van der Waals surface area contributed by atoms with Crippen molar-refractivity contribution in [2.45, 2.75) is 54.4 Å². The van der Waals surface area contributed by atoms with Crippen LogP contribution in [0.3, 0.4) is 0 Å². The first-order valence-electron chi connectivity index (χ1n) is 6.88. The Hall–Kier alpha value is -1.30. The van der Waals surface area contributed by atoms with Crippen LogP contribution in [0.5, 0.6) is 0 Å². The predicted molar refractivity (Wildman–Crippen MR) is 83.0 cm³/mol. The lowest BCUT2D eigenvalue weighted by molar-refractivity contribution is 0.906. The maximum Gasteiger partial charge on any atom is -0.0222 e. The Morgan fingerprint density at radius 1 is 1.00 bits per heavy atom. The Labute approximate surface area is 112 Å². The van der Waals surface area contributed by atoms with E-state index in [-0.39, 0.29) is 0 Å². The maximum absolute atomic E-state index is 2.29. The van der Waals surface area contributed by atoms with E-state index >= 15 is 0 Å². The van der Waals surface area contributed by atoms with Gasteiger partial charge < -0.3 is 0 Å². The molecule has 0 aromatic heterocycles. The Morgan fingerprint density at radius 3 is 2.06 bits per heavy atom. The van der Waals surface area contributed by atoms with Crippen LogP contribution in [-0.2, 0) is 0 Å². The molecule has 0 heterocycles. The van der Waals surface area contributed by atoms with Crippen molar-refractivity contribution in [2.24, 2.45) is 0 Å². The second-order valence-corrected chi connectivity index (χ2v) is 5.35. The van der Waals surface area contributed by atoms with Gasteiger partial charge in [-0.1, -0.05) is 43.2 Å². The third kappa shape index (κ3) is 3.87. The number of hydrogen-bond acceptors (Lipinski definition) is 0. The molecule has 1 rings (SSSR count). The van der Waals surface area contributed by atoms with Crippen molar-refractivity contribution in [3.05, 3.63) is 52.1 Å². The molecular formula is C18H26. The molecule has 0 aliphatic carbocycles. The van der Waals surface area contributed by atoms with Gasteiger partial charge in [-0.2, -0.15) is 0 Å². The van der Waals surface area contributed by atoms with Crippen LogP contribution in [0.15, 0.2) is 29.9 Å². The lowest BCUT2D eigenvalue weighted by Gasteiger charge is -2.09. The van der Waals surface area contributed by atoms with Crippen LogP contribution in [0.25, 0.3) is 5.57 Å². The fourth-order valence-electron chi connectivity index (χ4n) is 2.10. The summed E-state index contributed by atoms with van der Waals surface area (Å²) in [6.07, 6.45) is 6.91. The summed E-state index contributed by atoms with van der Waals surface area (Å²) in [5, 5.41) is 0. The third-order valence-corrected chi connectivity index (χ3v) is 3.64. The zero-order chi connectivity index (χ0) is 13.7. The van der Waals surface area contributed by atoms with Gasteiger partial charge >= 0.3 is 0 Å². The normalized spacial score (nSPS) is 13.0. The van der Waals surface area contributed by atoms with Gasteiger partial charge in [0.2, 0.25) is 0 Å². The highest BCUT2D eigenvalue weighted by Crippen LogP contribution is 2.21. The van der Waals surface area contributed by atoms with E-state index in [0.29, 0.717) is 0 Å². The van der Waals surface area contributed by atoms with E-state index in [0.717, 1.165) is 0 Å². The molecule has 0 fully saturated rings. The van der Waals surface area contributed by atoms with Crippen molar-refractivity contribution < 1.29 is 0 Å². The summed E-state index contributed by atoms with van der Waals surface area (Å²) in [6, 6.07) is 4.58. The second kappa shape index (κ2) is 6.58. The first-order chi connectivity index (χ1) is 8.45. The molecule has 0 radical (unpaired) electrons. The smallest absolute Gasteiger partial charge is 0.0222 e. The van der Waals surface area contributed by atoms with E-state index in [4.69, 9.17) is 0 Å². The molecule has 0 bridgehead atoms. The van der Waals surface area contributed by atoms with E-state index in [2.05, 4.69) is 65.8 Å². The molecule has 0 aliphatic heterocycles. The molecule has 98 valence electrons. The highest BCUT2D eigenvalue weighted by Gasteiger charge is 2.01. The van der Waals surface area contributed by atoms with Crippen LogP contribution < -0.4 is 0 Å². The topological polar surface area (TPSA) is 0 Å². The Kier molecular flexibility index (Phi) is 5.40. The molecule has 0 unspecified atom stereocenters. The van der Waals surface area contributed by atoms with Crippen LogP contribution in [0.4, 0.5) is 0 Å². The predicted octanol–water partition coefficient (Wildman–Crippen LogP) is 5.76. The van der Waals surface area contributed by atoms with Gasteiger partial charge in [-0.25, -0.2) is 0 Å². The van der Waals surface area contributed by atoms with Gasteiger partial charge in [-0.15, -0.1) is 0 Å². The van der Waals surface area contributed by atoms with E-state index in [1.165, 1.54) is 46.2 Å². The van der Waals surface area contributed by atoms with Crippen molar-refractivity contribution in [3.63, 3.8) is 0 Å². The molecule has 18 heavy (non-hydrogen) atoms. The monoisotopic (exact) mass is 242 g/mol. The molecular weight excluding hydrogens is 216 g/mol. The number of rotatable bonds is 4. The van der Waals surface area contributed by atoms with Gasteiger partial charge in [0.15, 0.2) is 0 Å². The molecule has 1 aromatic rings. The Morgan fingerprint density at radius 2 is 1.56 bits per heavy atom. The van der Waals surface area contributed by atoms with Crippen molar-refractivity contribution in [3.8, 4) is 0 Å². The summed E-state index contributed by atoms with van der Waals surface area (Å²) in [5.41, 5.74) is 8.31. The second-order valence-electron chi connectivity index (χ2n) is 5.35. The quantitative estimate of drug-likeness (QED) is 0.589. The molecule has 0 aliphatic rings. The highest BCUT2D eigenvalue weighted by molar-refractivity contribution is 5.67. The zero-order valence-electron chi connectivity index (χ0n) is 12.7. The van der Waals surface area contributed by atoms with Gasteiger partial charge in [0.05, 0.1) is 0 Å². The number of aryl methyl sites for hydroxylation is 2. The van der Waals surface area contributed by atoms with Gasteiger partial charge in [0.25, 0.3) is 0 Å². The fraction of sp³-hybridized carbons (Fsp3) is 0.444. The summed E-state index contributed by atoms with van der Waals surface area (Å²) in [4.78, 5) is 0. The first kappa shape index (κ1) is 14.8. The molecule has 0 N–H and O–H groups in total. The average Bonchev–Trinajstić information content (AvgIpc) is 2.32. The standard InChI is InChI=1S/C18H26/c1-7-8-13(2)9-10-14(3)18-11-15(4)17(6)16(5)12-18/h9-12H,7-8H2,1-6H3/b13-9+,14-10+. The number of hydrogen-bond donors (Lipinski definition) is 0. The van der Waals surface area contributed by atoms with Crippen molar-refractivity contribution in [1.82, 2.24) is 0 Å². The molecule has 0 amide bonds. The number of allylic oxidation sites excluding steroid dienone is 4. The lowest BCUT2D eigenvalue weighted by atomic mass is 9.96. The average molecular weight is 242 g/mol. The van der Waals surface area contributed by atoms with Crippen LogP contribution in [0.1, 0.15) is 55.9 Å². The number of benzene rings is 1.